The molecule has 2 unspecified atom stereocenters. The number of hydrogen-bond acceptors (Lipinski definition) is 2. The summed E-state index contributed by atoms with van der Waals surface area (Å²) in [5, 5.41) is 2.82. The van der Waals surface area contributed by atoms with Crippen LogP contribution in [0.25, 0.3) is 0 Å². The summed E-state index contributed by atoms with van der Waals surface area (Å²) in [6, 6.07) is 0.0399. The van der Waals surface area contributed by atoms with Gasteiger partial charge in [-0.25, -0.2) is 0 Å². The third-order valence-electron chi connectivity index (χ3n) is 1.96. The highest BCUT2D eigenvalue weighted by atomic mass is 16.1. The molecule has 1 amide bonds. The first-order valence-electron chi connectivity index (χ1n) is 4.59. The van der Waals surface area contributed by atoms with E-state index in [1.54, 1.807) is 0 Å². The Morgan fingerprint density at radius 2 is 2.31 bits per heavy atom. The predicted octanol–water partition coefficient (Wildman–Crippen LogP) is 0.499. The van der Waals surface area contributed by atoms with Crippen molar-refractivity contribution in [3.63, 3.8) is 0 Å². The fraction of sp³-hybridized carbons (Fsp3) is 0.700. The molecule has 0 aliphatic carbocycles. The number of amides is 1. The molecule has 0 saturated carbocycles. The van der Waals surface area contributed by atoms with Gasteiger partial charge in [-0.05, 0) is 13.3 Å². The number of rotatable bonds is 5. The van der Waals surface area contributed by atoms with Gasteiger partial charge in [0.05, 0.1) is 0 Å². The van der Waals surface area contributed by atoms with Crippen LogP contribution in [0.4, 0.5) is 0 Å². The highest BCUT2D eigenvalue weighted by Crippen LogP contribution is 2.01. The summed E-state index contributed by atoms with van der Waals surface area (Å²) in [5.41, 5.74) is 5.43. The van der Waals surface area contributed by atoms with E-state index in [4.69, 9.17) is 12.2 Å². The van der Waals surface area contributed by atoms with E-state index in [1.807, 2.05) is 13.8 Å². The standard InChI is InChI=1S/C10H18N2O/c1-4-6-8(3)12-10(13)9(5-2)7-11/h1,8-9H,5-7,11H2,2-3H3,(H,12,13). The molecule has 0 heterocycles. The quantitative estimate of drug-likeness (QED) is 0.608. The minimum atomic E-state index is -0.0831. The molecule has 3 N–H and O–H groups in total. The van der Waals surface area contributed by atoms with Crippen LogP contribution in [0.1, 0.15) is 26.7 Å². The molecule has 0 aliphatic rings. The summed E-state index contributed by atoms with van der Waals surface area (Å²) in [5.74, 6) is 2.43. The van der Waals surface area contributed by atoms with Crippen molar-refractivity contribution in [2.24, 2.45) is 11.7 Å². The molecule has 0 radical (unpaired) electrons. The van der Waals surface area contributed by atoms with Gasteiger partial charge < -0.3 is 11.1 Å². The van der Waals surface area contributed by atoms with E-state index < -0.39 is 0 Å². The van der Waals surface area contributed by atoms with Gasteiger partial charge in [0, 0.05) is 24.9 Å². The van der Waals surface area contributed by atoms with Crippen LogP contribution >= 0.6 is 0 Å². The Morgan fingerprint density at radius 3 is 2.69 bits per heavy atom. The Kier molecular flexibility index (Phi) is 5.99. The van der Waals surface area contributed by atoms with Crippen molar-refractivity contribution >= 4 is 5.91 Å². The SMILES string of the molecule is C#CCC(C)NC(=O)C(CC)CN. The van der Waals surface area contributed by atoms with Crippen molar-refractivity contribution in [3.05, 3.63) is 0 Å². The summed E-state index contributed by atoms with van der Waals surface area (Å²) in [6.45, 7) is 4.23. The molecule has 3 heteroatoms. The van der Waals surface area contributed by atoms with Gasteiger partial charge in [-0.15, -0.1) is 12.3 Å². The van der Waals surface area contributed by atoms with Crippen LogP contribution < -0.4 is 11.1 Å². The van der Waals surface area contributed by atoms with Gasteiger partial charge in [0.15, 0.2) is 0 Å². The van der Waals surface area contributed by atoms with Gasteiger partial charge in [0.2, 0.25) is 5.91 Å². The van der Waals surface area contributed by atoms with Gasteiger partial charge in [-0.3, -0.25) is 4.79 Å². The van der Waals surface area contributed by atoms with Crippen molar-refractivity contribution in [2.45, 2.75) is 32.7 Å². The van der Waals surface area contributed by atoms with Gasteiger partial charge >= 0.3 is 0 Å². The van der Waals surface area contributed by atoms with Crippen molar-refractivity contribution in [1.29, 1.82) is 0 Å². The van der Waals surface area contributed by atoms with Crippen LogP contribution in [0.5, 0.6) is 0 Å². The lowest BCUT2D eigenvalue weighted by molar-refractivity contribution is -0.125. The largest absolute Gasteiger partial charge is 0.352 e. The van der Waals surface area contributed by atoms with E-state index in [1.165, 1.54) is 0 Å². The summed E-state index contributed by atoms with van der Waals surface area (Å²) in [6.07, 6.45) is 6.45. The van der Waals surface area contributed by atoms with Crippen molar-refractivity contribution in [1.82, 2.24) is 5.32 Å². The first-order valence-corrected chi connectivity index (χ1v) is 4.59. The summed E-state index contributed by atoms with van der Waals surface area (Å²) < 4.78 is 0. The average Bonchev–Trinajstić information content (AvgIpc) is 2.06. The Hall–Kier alpha value is -1.01. The minimum absolute atomic E-state index is 0.00718. The smallest absolute Gasteiger partial charge is 0.224 e. The minimum Gasteiger partial charge on any atom is -0.352 e. The third-order valence-corrected chi connectivity index (χ3v) is 1.96. The van der Waals surface area contributed by atoms with Crippen LogP contribution in [0.2, 0.25) is 0 Å². The summed E-state index contributed by atoms with van der Waals surface area (Å²) in [4.78, 5) is 11.4. The zero-order valence-electron chi connectivity index (χ0n) is 8.34. The third kappa shape index (κ3) is 4.54. The molecule has 13 heavy (non-hydrogen) atoms. The Morgan fingerprint density at radius 1 is 1.69 bits per heavy atom. The maximum absolute atomic E-state index is 11.4. The maximum Gasteiger partial charge on any atom is 0.224 e. The highest BCUT2D eigenvalue weighted by Gasteiger charge is 2.15. The molecule has 0 aromatic carbocycles. The van der Waals surface area contributed by atoms with Crippen LogP contribution in [-0.2, 0) is 4.79 Å². The second-order valence-electron chi connectivity index (χ2n) is 3.16. The van der Waals surface area contributed by atoms with Crippen molar-refractivity contribution in [3.8, 4) is 12.3 Å². The predicted molar refractivity (Wildman–Crippen MR) is 53.9 cm³/mol. The average molecular weight is 182 g/mol. The zero-order chi connectivity index (χ0) is 10.3. The molecular formula is C10H18N2O. The van der Waals surface area contributed by atoms with Gasteiger partial charge in [0.25, 0.3) is 0 Å². The lowest BCUT2D eigenvalue weighted by Crippen LogP contribution is -2.39. The molecule has 0 aliphatic heterocycles. The second kappa shape index (κ2) is 6.50. The highest BCUT2D eigenvalue weighted by molar-refractivity contribution is 5.79. The summed E-state index contributed by atoms with van der Waals surface area (Å²) in [7, 11) is 0. The number of nitrogens with two attached hydrogens (primary N) is 1. The molecule has 0 aromatic rings. The van der Waals surface area contributed by atoms with E-state index in [0.29, 0.717) is 13.0 Å². The number of carbonyl (C=O) groups excluding carboxylic acids is 1. The van der Waals surface area contributed by atoms with Crippen molar-refractivity contribution < 1.29 is 4.79 Å². The van der Waals surface area contributed by atoms with Gasteiger partial charge in [0.1, 0.15) is 0 Å². The van der Waals surface area contributed by atoms with E-state index in [2.05, 4.69) is 11.2 Å². The maximum atomic E-state index is 11.4. The van der Waals surface area contributed by atoms with E-state index in [0.717, 1.165) is 6.42 Å². The molecule has 0 spiro atoms. The fourth-order valence-electron chi connectivity index (χ4n) is 1.05. The topological polar surface area (TPSA) is 55.1 Å². The molecule has 74 valence electrons. The first-order chi connectivity index (χ1) is 6.15. The van der Waals surface area contributed by atoms with E-state index in [9.17, 15) is 4.79 Å². The normalized spacial score (nSPS) is 14.3. The lowest BCUT2D eigenvalue weighted by Gasteiger charge is -2.16. The van der Waals surface area contributed by atoms with E-state index >= 15 is 0 Å². The molecule has 2 atom stereocenters. The molecular weight excluding hydrogens is 164 g/mol. The zero-order valence-corrected chi connectivity index (χ0v) is 8.34. The number of carbonyl (C=O) groups is 1. The van der Waals surface area contributed by atoms with Crippen molar-refractivity contribution in [2.75, 3.05) is 6.54 Å². The Labute approximate surface area is 80.1 Å². The Balaban J connectivity index is 3.91. The molecule has 3 nitrogen and oxygen atoms in total. The first kappa shape index (κ1) is 12.0. The van der Waals surface area contributed by atoms with Crippen LogP contribution in [0.15, 0.2) is 0 Å². The van der Waals surface area contributed by atoms with Crippen LogP contribution in [0, 0.1) is 18.3 Å². The second-order valence-corrected chi connectivity index (χ2v) is 3.16. The summed E-state index contributed by atoms with van der Waals surface area (Å²) >= 11 is 0. The molecule has 0 fully saturated rings. The number of terminal acetylenes is 1. The van der Waals surface area contributed by atoms with Crippen LogP contribution in [0.3, 0.4) is 0 Å². The number of nitrogens with one attached hydrogen (secondary N) is 1. The monoisotopic (exact) mass is 182 g/mol. The Bertz CT molecular complexity index is 192. The molecule has 0 aromatic heterocycles. The molecule has 0 saturated heterocycles. The lowest BCUT2D eigenvalue weighted by atomic mass is 10.1. The van der Waals surface area contributed by atoms with E-state index in [-0.39, 0.29) is 17.9 Å². The molecule has 0 bridgehead atoms. The fourth-order valence-corrected chi connectivity index (χ4v) is 1.05. The number of hydrogen-bond donors (Lipinski definition) is 2. The van der Waals surface area contributed by atoms with Gasteiger partial charge in [-0.1, -0.05) is 6.92 Å². The van der Waals surface area contributed by atoms with Crippen LogP contribution in [-0.4, -0.2) is 18.5 Å². The van der Waals surface area contributed by atoms with Gasteiger partial charge in [-0.2, -0.15) is 0 Å². The molecule has 0 rings (SSSR count).